The van der Waals surface area contributed by atoms with Crippen molar-refractivity contribution in [3.63, 3.8) is 0 Å². The van der Waals surface area contributed by atoms with Crippen LogP contribution in [0.3, 0.4) is 0 Å². The normalized spacial score (nSPS) is 19.3. The number of hydrazine groups is 1. The van der Waals surface area contributed by atoms with Gasteiger partial charge in [-0.2, -0.15) is 0 Å². The number of hydrogen-bond donors (Lipinski definition) is 3. The Kier molecular flexibility index (Phi) is 5.92. The Morgan fingerprint density at radius 2 is 1.65 bits per heavy atom. The fourth-order valence-corrected chi connectivity index (χ4v) is 3.96. The molecule has 0 aliphatic heterocycles. The highest BCUT2D eigenvalue weighted by atomic mass is 32.1. The average molecular weight is 330 g/mol. The Hall–Kier alpha value is -1.55. The smallest absolute Gasteiger partial charge is 0.189 e. The molecule has 0 atom stereocenters. The maximum absolute atomic E-state index is 5.39. The SMILES string of the molecule is S=C(NNC1=C(C2CCCCC2)CCCC1)Nc1ccccc1. The van der Waals surface area contributed by atoms with Gasteiger partial charge in [-0.1, -0.05) is 37.5 Å². The average Bonchev–Trinajstić information content (AvgIpc) is 2.62. The summed E-state index contributed by atoms with van der Waals surface area (Å²) in [6.07, 6.45) is 11.9. The highest BCUT2D eigenvalue weighted by molar-refractivity contribution is 7.80. The Morgan fingerprint density at radius 3 is 2.43 bits per heavy atom. The maximum atomic E-state index is 5.39. The first-order chi connectivity index (χ1) is 11.3. The van der Waals surface area contributed by atoms with Gasteiger partial charge in [0.2, 0.25) is 0 Å². The number of benzene rings is 1. The van der Waals surface area contributed by atoms with Crippen molar-refractivity contribution in [3.05, 3.63) is 41.6 Å². The zero-order valence-electron chi connectivity index (χ0n) is 13.7. The van der Waals surface area contributed by atoms with Gasteiger partial charge in [0.25, 0.3) is 0 Å². The number of rotatable bonds is 4. The summed E-state index contributed by atoms with van der Waals surface area (Å²) >= 11 is 5.39. The second kappa shape index (κ2) is 8.34. The molecule has 23 heavy (non-hydrogen) atoms. The van der Waals surface area contributed by atoms with Crippen LogP contribution in [0.1, 0.15) is 57.8 Å². The van der Waals surface area contributed by atoms with Crippen LogP contribution in [0.4, 0.5) is 5.69 Å². The van der Waals surface area contributed by atoms with Crippen LogP contribution in [0.2, 0.25) is 0 Å². The minimum absolute atomic E-state index is 0.622. The molecule has 0 saturated heterocycles. The molecule has 0 amide bonds. The lowest BCUT2D eigenvalue weighted by Crippen LogP contribution is -2.41. The molecular formula is C19H27N3S. The molecule has 0 bridgehead atoms. The van der Waals surface area contributed by atoms with Crippen LogP contribution in [-0.4, -0.2) is 5.11 Å². The van der Waals surface area contributed by atoms with Gasteiger partial charge in [-0.05, 0) is 74.4 Å². The van der Waals surface area contributed by atoms with Gasteiger partial charge < -0.3 is 10.7 Å². The van der Waals surface area contributed by atoms with Crippen LogP contribution in [0, 0.1) is 5.92 Å². The number of para-hydroxylation sites is 1. The van der Waals surface area contributed by atoms with E-state index in [1.54, 1.807) is 5.57 Å². The van der Waals surface area contributed by atoms with Crippen LogP contribution in [0.25, 0.3) is 0 Å². The predicted molar refractivity (Wildman–Crippen MR) is 101 cm³/mol. The summed E-state index contributed by atoms with van der Waals surface area (Å²) < 4.78 is 0. The van der Waals surface area contributed by atoms with Gasteiger partial charge in [0.05, 0.1) is 0 Å². The Balaban J connectivity index is 1.58. The van der Waals surface area contributed by atoms with E-state index in [4.69, 9.17) is 12.2 Å². The van der Waals surface area contributed by atoms with E-state index in [1.165, 1.54) is 57.1 Å². The zero-order chi connectivity index (χ0) is 15.9. The minimum Gasteiger partial charge on any atom is -0.331 e. The lowest BCUT2D eigenvalue weighted by Gasteiger charge is -2.30. The van der Waals surface area contributed by atoms with Crippen molar-refractivity contribution >= 4 is 23.0 Å². The van der Waals surface area contributed by atoms with Crippen molar-refractivity contribution in [3.8, 4) is 0 Å². The highest BCUT2D eigenvalue weighted by Crippen LogP contribution is 2.36. The Bertz CT molecular complexity index is 547. The van der Waals surface area contributed by atoms with Crippen LogP contribution in [0.15, 0.2) is 41.6 Å². The van der Waals surface area contributed by atoms with E-state index in [0.29, 0.717) is 5.11 Å². The van der Waals surface area contributed by atoms with Crippen LogP contribution < -0.4 is 16.2 Å². The first-order valence-electron chi connectivity index (χ1n) is 8.93. The van der Waals surface area contributed by atoms with Crippen molar-refractivity contribution in [2.45, 2.75) is 57.8 Å². The third-order valence-corrected chi connectivity index (χ3v) is 5.17. The minimum atomic E-state index is 0.622. The molecule has 3 N–H and O–H groups in total. The summed E-state index contributed by atoms with van der Waals surface area (Å²) in [5, 5.41) is 3.83. The molecule has 0 spiro atoms. The third kappa shape index (κ3) is 4.71. The molecule has 0 heterocycles. The molecule has 1 aromatic carbocycles. The third-order valence-electron chi connectivity index (χ3n) is 4.97. The van der Waals surface area contributed by atoms with Gasteiger partial charge in [-0.3, -0.25) is 5.43 Å². The largest absolute Gasteiger partial charge is 0.331 e. The molecule has 1 saturated carbocycles. The zero-order valence-corrected chi connectivity index (χ0v) is 14.6. The van der Waals surface area contributed by atoms with Crippen LogP contribution in [0.5, 0.6) is 0 Å². The summed E-state index contributed by atoms with van der Waals surface area (Å²) in [6.45, 7) is 0. The Labute approximate surface area is 144 Å². The van der Waals surface area contributed by atoms with Crippen molar-refractivity contribution in [1.82, 2.24) is 10.9 Å². The second-order valence-corrected chi connectivity index (χ2v) is 7.02. The van der Waals surface area contributed by atoms with Gasteiger partial charge >= 0.3 is 0 Å². The summed E-state index contributed by atoms with van der Waals surface area (Å²) in [6, 6.07) is 10.0. The van der Waals surface area contributed by atoms with Crippen molar-refractivity contribution in [1.29, 1.82) is 0 Å². The number of thiocarbonyl (C=S) groups is 1. The molecule has 4 heteroatoms. The topological polar surface area (TPSA) is 36.1 Å². The van der Waals surface area contributed by atoms with E-state index in [-0.39, 0.29) is 0 Å². The Morgan fingerprint density at radius 1 is 0.913 bits per heavy atom. The fraction of sp³-hybridized carbons (Fsp3) is 0.526. The molecule has 0 radical (unpaired) electrons. The monoisotopic (exact) mass is 329 g/mol. The number of anilines is 1. The van der Waals surface area contributed by atoms with Crippen molar-refractivity contribution in [2.24, 2.45) is 5.92 Å². The molecule has 3 nitrogen and oxygen atoms in total. The van der Waals surface area contributed by atoms with Gasteiger partial charge in [-0.15, -0.1) is 0 Å². The summed E-state index contributed by atoms with van der Waals surface area (Å²) in [5.74, 6) is 0.795. The molecule has 1 aromatic rings. The first kappa shape index (κ1) is 16.3. The molecule has 124 valence electrons. The lowest BCUT2D eigenvalue weighted by atomic mass is 9.78. The number of nitrogens with one attached hydrogen (secondary N) is 3. The molecule has 2 aliphatic rings. The van der Waals surface area contributed by atoms with Gasteiger partial charge in [0.1, 0.15) is 0 Å². The summed E-state index contributed by atoms with van der Waals surface area (Å²) in [4.78, 5) is 0. The second-order valence-electron chi connectivity index (χ2n) is 6.62. The lowest BCUT2D eigenvalue weighted by molar-refractivity contribution is 0.378. The van der Waals surface area contributed by atoms with E-state index in [2.05, 4.69) is 16.2 Å². The van der Waals surface area contributed by atoms with Crippen molar-refractivity contribution in [2.75, 3.05) is 5.32 Å². The highest BCUT2D eigenvalue weighted by Gasteiger charge is 2.23. The van der Waals surface area contributed by atoms with E-state index in [0.717, 1.165) is 18.0 Å². The van der Waals surface area contributed by atoms with E-state index >= 15 is 0 Å². The molecule has 3 rings (SSSR count). The molecule has 0 aromatic heterocycles. The quantitative estimate of drug-likeness (QED) is 0.543. The first-order valence-corrected chi connectivity index (χ1v) is 9.34. The van der Waals surface area contributed by atoms with Crippen molar-refractivity contribution < 1.29 is 0 Å². The molecular weight excluding hydrogens is 302 g/mol. The van der Waals surface area contributed by atoms with Crippen LogP contribution in [-0.2, 0) is 0 Å². The van der Waals surface area contributed by atoms with Crippen LogP contribution >= 0.6 is 12.2 Å². The fourth-order valence-electron chi connectivity index (χ4n) is 3.79. The van der Waals surface area contributed by atoms with E-state index in [9.17, 15) is 0 Å². The molecule has 2 aliphatic carbocycles. The van der Waals surface area contributed by atoms with Gasteiger partial charge in [0.15, 0.2) is 5.11 Å². The van der Waals surface area contributed by atoms with Gasteiger partial charge in [0, 0.05) is 11.4 Å². The predicted octanol–water partition coefficient (Wildman–Crippen LogP) is 4.89. The maximum Gasteiger partial charge on any atom is 0.189 e. The number of allylic oxidation sites excluding steroid dienone is 2. The van der Waals surface area contributed by atoms with E-state index < -0.39 is 0 Å². The summed E-state index contributed by atoms with van der Waals surface area (Å²) in [5.41, 5.74) is 10.7. The molecule has 0 unspecified atom stereocenters. The summed E-state index contributed by atoms with van der Waals surface area (Å²) in [7, 11) is 0. The number of hydrogen-bond acceptors (Lipinski definition) is 2. The van der Waals surface area contributed by atoms with Gasteiger partial charge in [-0.25, -0.2) is 0 Å². The standard InChI is InChI=1S/C19H27N3S/c23-19(20-16-11-5-2-6-12-16)22-21-18-14-8-7-13-17(18)15-9-3-1-4-10-15/h2,5-6,11-12,15,21H,1,3-4,7-10,13-14H2,(H2,20,22,23). The molecule has 1 fully saturated rings. The van der Waals surface area contributed by atoms with E-state index in [1.807, 2.05) is 30.3 Å².